The summed E-state index contributed by atoms with van der Waals surface area (Å²) in [6.07, 6.45) is -1.58. The van der Waals surface area contributed by atoms with Crippen molar-refractivity contribution in [3.63, 3.8) is 0 Å². The number of aliphatic hydroxyl groups is 2. The monoisotopic (exact) mass is 160 g/mol. The number of aliphatic hydroxyl groups excluding tert-OH is 2. The molecule has 1 aliphatic rings. The van der Waals surface area contributed by atoms with Crippen LogP contribution in [0.15, 0.2) is 0 Å². The van der Waals surface area contributed by atoms with Crippen molar-refractivity contribution >= 4 is 5.91 Å². The number of hydrogen-bond acceptors (Lipinski definition) is 4. The van der Waals surface area contributed by atoms with Gasteiger partial charge in [-0.05, 0) is 0 Å². The molecule has 3 atom stereocenters. The summed E-state index contributed by atoms with van der Waals surface area (Å²) in [7, 11) is 0. The predicted molar refractivity (Wildman–Crippen MR) is 37.6 cm³/mol. The van der Waals surface area contributed by atoms with E-state index in [4.69, 9.17) is 10.8 Å². The van der Waals surface area contributed by atoms with Crippen molar-refractivity contribution in [2.75, 3.05) is 6.54 Å². The number of amides is 1. The van der Waals surface area contributed by atoms with Crippen LogP contribution in [-0.2, 0) is 4.79 Å². The van der Waals surface area contributed by atoms with E-state index in [0.29, 0.717) is 6.54 Å². The third-order valence-electron chi connectivity index (χ3n) is 1.82. The van der Waals surface area contributed by atoms with Crippen LogP contribution in [0.5, 0.6) is 0 Å². The minimum atomic E-state index is -0.873. The maximum atomic E-state index is 10.4. The number of nitrogens with two attached hydrogens (primary N) is 1. The molecule has 0 aliphatic carbocycles. The van der Waals surface area contributed by atoms with Crippen LogP contribution >= 0.6 is 0 Å². The van der Waals surface area contributed by atoms with E-state index in [-0.39, 0.29) is 12.5 Å². The lowest BCUT2D eigenvalue weighted by Crippen LogP contribution is -2.36. The molecule has 0 radical (unpaired) electrons. The Morgan fingerprint density at radius 1 is 1.64 bits per heavy atom. The Morgan fingerprint density at radius 3 is 2.64 bits per heavy atom. The molecule has 0 spiro atoms. The first kappa shape index (κ1) is 8.45. The summed E-state index contributed by atoms with van der Waals surface area (Å²) in [5.41, 5.74) is 4.91. The Morgan fingerprint density at radius 2 is 2.27 bits per heavy atom. The number of carbonyl (C=O) groups is 1. The second-order valence-corrected chi connectivity index (χ2v) is 2.74. The van der Waals surface area contributed by atoms with E-state index in [0.717, 1.165) is 0 Å². The van der Waals surface area contributed by atoms with Gasteiger partial charge in [-0.3, -0.25) is 4.79 Å². The molecule has 1 aliphatic heterocycles. The van der Waals surface area contributed by atoms with Crippen molar-refractivity contribution in [1.82, 2.24) is 5.32 Å². The van der Waals surface area contributed by atoms with E-state index in [1.165, 1.54) is 0 Å². The van der Waals surface area contributed by atoms with Crippen LogP contribution in [-0.4, -0.2) is 40.9 Å². The Kier molecular flexibility index (Phi) is 2.43. The molecule has 1 amide bonds. The highest BCUT2D eigenvalue weighted by atomic mass is 16.3. The van der Waals surface area contributed by atoms with Gasteiger partial charge in [-0.2, -0.15) is 0 Å². The van der Waals surface area contributed by atoms with Gasteiger partial charge in [-0.1, -0.05) is 0 Å². The molecule has 1 rings (SSSR count). The number of β-amino-alcohol motifs (C(OH)–C–C–N with tert-alkyl or cyclic N) is 1. The molecule has 5 heteroatoms. The summed E-state index contributed by atoms with van der Waals surface area (Å²) in [5, 5.41) is 21.0. The van der Waals surface area contributed by atoms with Gasteiger partial charge in [0.2, 0.25) is 5.91 Å². The van der Waals surface area contributed by atoms with Crippen LogP contribution in [0.25, 0.3) is 0 Å². The minimum absolute atomic E-state index is 0.0677. The average Bonchev–Trinajstić information content (AvgIpc) is 2.18. The fourth-order valence-electron chi connectivity index (χ4n) is 1.19. The Balaban J connectivity index is 2.42. The highest BCUT2D eigenvalue weighted by Crippen LogP contribution is 2.10. The van der Waals surface area contributed by atoms with Crippen molar-refractivity contribution in [2.45, 2.75) is 24.7 Å². The molecule has 5 N–H and O–H groups in total. The lowest BCUT2D eigenvalue weighted by Gasteiger charge is -2.13. The molecule has 0 aromatic heterocycles. The standard InChI is InChI=1S/C6H12N2O3/c7-5(10)1-3-6(11)4(9)2-8-3/h3-4,6,8-9,11H,1-2H2,(H2,7,10)/t3-,4-,6+/m1/s1. The van der Waals surface area contributed by atoms with Gasteiger partial charge in [0, 0.05) is 19.0 Å². The molecule has 0 aromatic carbocycles. The van der Waals surface area contributed by atoms with Crippen LogP contribution in [0.4, 0.5) is 0 Å². The number of primary amides is 1. The van der Waals surface area contributed by atoms with Gasteiger partial charge < -0.3 is 21.3 Å². The second kappa shape index (κ2) is 3.17. The fraction of sp³-hybridized carbons (Fsp3) is 0.833. The van der Waals surface area contributed by atoms with Crippen LogP contribution in [0, 0.1) is 0 Å². The van der Waals surface area contributed by atoms with E-state index < -0.39 is 18.1 Å². The third-order valence-corrected chi connectivity index (χ3v) is 1.82. The van der Waals surface area contributed by atoms with E-state index >= 15 is 0 Å². The topological polar surface area (TPSA) is 95.6 Å². The van der Waals surface area contributed by atoms with Crippen molar-refractivity contribution in [1.29, 1.82) is 0 Å². The molecule has 1 fully saturated rings. The maximum Gasteiger partial charge on any atom is 0.219 e. The number of rotatable bonds is 2. The Hall–Kier alpha value is -0.650. The smallest absolute Gasteiger partial charge is 0.219 e. The quantitative estimate of drug-likeness (QED) is 0.361. The van der Waals surface area contributed by atoms with Crippen molar-refractivity contribution in [2.24, 2.45) is 5.73 Å². The molecule has 0 unspecified atom stereocenters. The zero-order valence-corrected chi connectivity index (χ0v) is 6.03. The van der Waals surface area contributed by atoms with Gasteiger partial charge in [0.05, 0.1) is 12.2 Å². The first-order valence-electron chi connectivity index (χ1n) is 3.49. The highest BCUT2D eigenvalue weighted by Gasteiger charge is 2.33. The maximum absolute atomic E-state index is 10.4. The van der Waals surface area contributed by atoms with Crippen molar-refractivity contribution in [3.8, 4) is 0 Å². The number of carbonyl (C=O) groups excluding carboxylic acids is 1. The number of hydrogen-bond donors (Lipinski definition) is 4. The molecule has 1 heterocycles. The van der Waals surface area contributed by atoms with E-state index in [2.05, 4.69) is 5.32 Å². The minimum Gasteiger partial charge on any atom is -0.389 e. The number of nitrogens with one attached hydrogen (secondary N) is 1. The van der Waals surface area contributed by atoms with Crippen molar-refractivity contribution in [3.05, 3.63) is 0 Å². The highest BCUT2D eigenvalue weighted by molar-refractivity contribution is 5.74. The summed E-state index contributed by atoms with van der Waals surface area (Å²) in [4.78, 5) is 10.4. The second-order valence-electron chi connectivity index (χ2n) is 2.74. The van der Waals surface area contributed by atoms with Gasteiger partial charge in [-0.15, -0.1) is 0 Å². The molecule has 64 valence electrons. The molecule has 0 saturated carbocycles. The van der Waals surface area contributed by atoms with E-state index in [1.54, 1.807) is 0 Å². The third kappa shape index (κ3) is 1.89. The zero-order valence-electron chi connectivity index (χ0n) is 6.03. The Labute approximate surface area is 64.2 Å². The largest absolute Gasteiger partial charge is 0.389 e. The molecule has 0 aromatic rings. The van der Waals surface area contributed by atoms with Crippen LogP contribution in [0.1, 0.15) is 6.42 Å². The first-order chi connectivity index (χ1) is 5.11. The van der Waals surface area contributed by atoms with E-state index in [9.17, 15) is 9.90 Å². The van der Waals surface area contributed by atoms with Crippen LogP contribution < -0.4 is 11.1 Å². The van der Waals surface area contributed by atoms with Crippen LogP contribution in [0.2, 0.25) is 0 Å². The molecule has 5 nitrogen and oxygen atoms in total. The molecular weight excluding hydrogens is 148 g/mol. The lowest BCUT2D eigenvalue weighted by molar-refractivity contribution is -0.119. The fourth-order valence-corrected chi connectivity index (χ4v) is 1.19. The van der Waals surface area contributed by atoms with Gasteiger partial charge in [0.1, 0.15) is 0 Å². The summed E-state index contributed by atoms with van der Waals surface area (Å²) in [6.45, 7) is 0.319. The molecule has 1 saturated heterocycles. The van der Waals surface area contributed by atoms with Crippen molar-refractivity contribution < 1.29 is 15.0 Å². The SMILES string of the molecule is NC(=O)C[C@H]1NC[C@@H](O)[C@H]1O. The lowest BCUT2D eigenvalue weighted by atomic mass is 10.1. The predicted octanol–water partition coefficient (Wildman–Crippen LogP) is -2.44. The molecule has 11 heavy (non-hydrogen) atoms. The molecular formula is C6H12N2O3. The zero-order chi connectivity index (χ0) is 8.43. The van der Waals surface area contributed by atoms with Gasteiger partial charge in [-0.25, -0.2) is 0 Å². The summed E-state index contributed by atoms with van der Waals surface area (Å²) in [5.74, 6) is -0.476. The normalized spacial score (nSPS) is 37.5. The van der Waals surface area contributed by atoms with Crippen LogP contribution in [0.3, 0.4) is 0 Å². The molecule has 0 bridgehead atoms. The summed E-state index contributed by atoms with van der Waals surface area (Å²) < 4.78 is 0. The first-order valence-corrected chi connectivity index (χ1v) is 3.49. The summed E-state index contributed by atoms with van der Waals surface area (Å²) in [6, 6.07) is -0.387. The Bertz CT molecular complexity index is 162. The summed E-state index contributed by atoms with van der Waals surface area (Å²) >= 11 is 0. The van der Waals surface area contributed by atoms with Gasteiger partial charge in [0.25, 0.3) is 0 Å². The van der Waals surface area contributed by atoms with Gasteiger partial charge >= 0.3 is 0 Å². The van der Waals surface area contributed by atoms with E-state index in [1.807, 2.05) is 0 Å². The average molecular weight is 160 g/mol. The van der Waals surface area contributed by atoms with Gasteiger partial charge in [0.15, 0.2) is 0 Å².